The number of carbonyl (C=O) groups is 2. The van der Waals surface area contributed by atoms with Crippen LogP contribution in [0.4, 0.5) is 5.69 Å². The Bertz CT molecular complexity index is 1590. The van der Waals surface area contributed by atoms with E-state index < -0.39 is 28.5 Å². The summed E-state index contributed by atoms with van der Waals surface area (Å²) < 4.78 is 29.7. The van der Waals surface area contributed by atoms with Crippen molar-refractivity contribution in [2.75, 3.05) is 17.9 Å². The van der Waals surface area contributed by atoms with Gasteiger partial charge in [0, 0.05) is 24.5 Å². The number of nitrogens with one attached hydrogen (secondary N) is 1. The predicted molar refractivity (Wildman–Crippen MR) is 165 cm³/mol. The summed E-state index contributed by atoms with van der Waals surface area (Å²) in [6.45, 7) is -0.488. The van der Waals surface area contributed by atoms with Crippen LogP contribution in [0.5, 0.6) is 0 Å². The van der Waals surface area contributed by atoms with Crippen molar-refractivity contribution in [1.29, 1.82) is 0 Å². The zero-order chi connectivity index (χ0) is 29.4. The van der Waals surface area contributed by atoms with Crippen molar-refractivity contribution in [2.45, 2.75) is 23.9 Å². The second-order valence-electron chi connectivity index (χ2n) is 9.24. The molecular formula is C31H29BrClN3O4S. The number of likely N-dealkylation sites (N-methyl/N-ethyl adjacent to an activating group) is 1. The average molecular weight is 655 g/mol. The highest BCUT2D eigenvalue weighted by atomic mass is 79.9. The quantitative estimate of drug-likeness (QED) is 0.225. The fourth-order valence-corrected chi connectivity index (χ4v) is 6.40. The summed E-state index contributed by atoms with van der Waals surface area (Å²) in [6.07, 6.45) is 0.236. The number of amides is 2. The Kier molecular flexibility index (Phi) is 10.2. The van der Waals surface area contributed by atoms with Gasteiger partial charge in [0.2, 0.25) is 11.8 Å². The van der Waals surface area contributed by atoms with Gasteiger partial charge in [-0.15, -0.1) is 0 Å². The molecule has 0 radical (unpaired) electrons. The molecule has 1 atom stereocenters. The lowest BCUT2D eigenvalue weighted by Gasteiger charge is -2.33. The minimum Gasteiger partial charge on any atom is -0.357 e. The normalized spacial score (nSPS) is 11.9. The van der Waals surface area contributed by atoms with E-state index >= 15 is 0 Å². The van der Waals surface area contributed by atoms with Crippen molar-refractivity contribution < 1.29 is 18.0 Å². The molecule has 10 heteroatoms. The van der Waals surface area contributed by atoms with Gasteiger partial charge in [-0.3, -0.25) is 13.9 Å². The average Bonchev–Trinajstić information content (AvgIpc) is 2.99. The molecule has 0 aliphatic heterocycles. The van der Waals surface area contributed by atoms with Crippen LogP contribution in [0.2, 0.25) is 5.02 Å². The van der Waals surface area contributed by atoms with Crippen molar-refractivity contribution in [1.82, 2.24) is 10.2 Å². The third-order valence-corrected chi connectivity index (χ3v) is 9.14. The highest BCUT2D eigenvalue weighted by molar-refractivity contribution is 9.10. The molecule has 0 heterocycles. The third-order valence-electron chi connectivity index (χ3n) is 6.51. The monoisotopic (exact) mass is 653 g/mol. The van der Waals surface area contributed by atoms with Crippen LogP contribution >= 0.6 is 27.5 Å². The molecule has 0 bridgehead atoms. The van der Waals surface area contributed by atoms with Crippen LogP contribution in [0.15, 0.2) is 119 Å². The molecule has 0 aromatic heterocycles. The molecule has 4 aromatic rings. The summed E-state index contributed by atoms with van der Waals surface area (Å²) in [7, 11) is -2.69. The SMILES string of the molecule is CNC(=O)C(Cc1ccccc1)N(Cc1ccc(Br)cc1)C(=O)CN(c1ccccc1Cl)S(=O)(=O)c1ccccc1. The lowest BCUT2D eigenvalue weighted by molar-refractivity contribution is -0.139. The Labute approximate surface area is 253 Å². The van der Waals surface area contributed by atoms with Gasteiger partial charge in [-0.25, -0.2) is 8.42 Å². The first kappa shape index (κ1) is 30.3. The minimum absolute atomic E-state index is 0.0133. The zero-order valence-electron chi connectivity index (χ0n) is 22.3. The van der Waals surface area contributed by atoms with E-state index in [0.29, 0.717) is 0 Å². The van der Waals surface area contributed by atoms with E-state index in [9.17, 15) is 18.0 Å². The summed E-state index contributed by atoms with van der Waals surface area (Å²) >= 11 is 9.89. The highest BCUT2D eigenvalue weighted by Crippen LogP contribution is 2.31. The zero-order valence-corrected chi connectivity index (χ0v) is 25.4. The number of halogens is 2. The molecule has 1 unspecified atom stereocenters. The number of carbonyl (C=O) groups excluding carboxylic acids is 2. The largest absolute Gasteiger partial charge is 0.357 e. The fraction of sp³-hybridized carbons (Fsp3) is 0.161. The smallest absolute Gasteiger partial charge is 0.264 e. The first-order chi connectivity index (χ1) is 19.7. The van der Waals surface area contributed by atoms with Gasteiger partial charge < -0.3 is 10.2 Å². The molecule has 212 valence electrons. The second-order valence-corrected chi connectivity index (χ2v) is 12.4. The summed E-state index contributed by atoms with van der Waals surface area (Å²) in [5.41, 5.74) is 1.79. The molecule has 0 fully saturated rings. The van der Waals surface area contributed by atoms with Gasteiger partial charge in [0.15, 0.2) is 0 Å². The molecule has 0 spiro atoms. The number of hydrogen-bond donors (Lipinski definition) is 1. The lowest BCUT2D eigenvalue weighted by Crippen LogP contribution is -2.53. The van der Waals surface area contributed by atoms with Gasteiger partial charge in [-0.1, -0.05) is 100 Å². The second kappa shape index (κ2) is 13.8. The molecule has 0 saturated carbocycles. The topological polar surface area (TPSA) is 86.8 Å². The Morgan fingerprint density at radius 3 is 2.02 bits per heavy atom. The van der Waals surface area contributed by atoms with Gasteiger partial charge in [-0.2, -0.15) is 0 Å². The lowest BCUT2D eigenvalue weighted by atomic mass is 10.0. The van der Waals surface area contributed by atoms with Crippen LogP contribution in [-0.2, 0) is 32.6 Å². The van der Waals surface area contributed by atoms with Gasteiger partial charge >= 0.3 is 0 Å². The van der Waals surface area contributed by atoms with E-state index in [-0.39, 0.29) is 34.5 Å². The summed E-state index contributed by atoms with van der Waals surface area (Å²) in [4.78, 5) is 28.9. The molecule has 4 rings (SSSR count). The molecule has 41 heavy (non-hydrogen) atoms. The van der Waals surface area contributed by atoms with Crippen LogP contribution in [0.1, 0.15) is 11.1 Å². The van der Waals surface area contributed by atoms with E-state index in [0.717, 1.165) is 19.9 Å². The molecule has 0 saturated heterocycles. The standard InChI is InChI=1S/C31H29BrClN3O4S/c1-34-31(38)29(20-23-10-4-2-5-11-23)35(21-24-16-18-25(32)19-17-24)30(37)22-36(28-15-9-8-14-27(28)33)41(39,40)26-12-6-3-7-13-26/h2-19,29H,20-22H2,1H3,(H,34,38). The van der Waals surface area contributed by atoms with Crippen molar-refractivity contribution in [3.63, 3.8) is 0 Å². The van der Waals surface area contributed by atoms with Gasteiger partial charge in [0.25, 0.3) is 10.0 Å². The number of rotatable bonds is 11. The number of anilines is 1. The van der Waals surface area contributed by atoms with E-state index in [1.165, 1.54) is 24.1 Å². The molecule has 0 aliphatic rings. The van der Waals surface area contributed by atoms with Gasteiger partial charge in [0.05, 0.1) is 15.6 Å². The maximum Gasteiger partial charge on any atom is 0.264 e. The minimum atomic E-state index is -4.20. The molecular weight excluding hydrogens is 626 g/mol. The van der Waals surface area contributed by atoms with Crippen molar-refractivity contribution in [3.05, 3.63) is 130 Å². The van der Waals surface area contributed by atoms with Gasteiger partial charge in [-0.05, 0) is 47.5 Å². The van der Waals surface area contributed by atoms with E-state index in [1.54, 1.807) is 42.5 Å². The van der Waals surface area contributed by atoms with E-state index in [2.05, 4.69) is 21.2 Å². The van der Waals surface area contributed by atoms with E-state index in [1.807, 2.05) is 54.6 Å². The Hall–Kier alpha value is -3.66. The van der Waals surface area contributed by atoms with Crippen LogP contribution in [0.3, 0.4) is 0 Å². The third kappa shape index (κ3) is 7.55. The van der Waals surface area contributed by atoms with Crippen LogP contribution < -0.4 is 9.62 Å². The maximum atomic E-state index is 14.2. The Morgan fingerprint density at radius 1 is 0.829 bits per heavy atom. The number of para-hydroxylation sites is 1. The van der Waals surface area contributed by atoms with Crippen LogP contribution in [0.25, 0.3) is 0 Å². The maximum absolute atomic E-state index is 14.2. The molecule has 2 amide bonds. The van der Waals surface area contributed by atoms with Crippen LogP contribution in [0, 0.1) is 0 Å². The molecule has 1 N–H and O–H groups in total. The fourth-order valence-electron chi connectivity index (χ4n) is 4.39. The predicted octanol–water partition coefficient (Wildman–Crippen LogP) is 5.68. The van der Waals surface area contributed by atoms with Crippen molar-refractivity contribution >= 4 is 55.1 Å². The number of nitrogens with zero attached hydrogens (tertiary/aromatic N) is 2. The van der Waals surface area contributed by atoms with E-state index in [4.69, 9.17) is 11.6 Å². The summed E-state index contributed by atoms with van der Waals surface area (Å²) in [6, 6.07) is 30.2. The first-order valence-electron chi connectivity index (χ1n) is 12.8. The molecule has 4 aromatic carbocycles. The van der Waals surface area contributed by atoms with Gasteiger partial charge in [0.1, 0.15) is 12.6 Å². The number of sulfonamides is 1. The Morgan fingerprint density at radius 2 is 1.41 bits per heavy atom. The number of benzene rings is 4. The van der Waals surface area contributed by atoms with Crippen molar-refractivity contribution in [2.24, 2.45) is 0 Å². The first-order valence-corrected chi connectivity index (χ1v) is 15.4. The Balaban J connectivity index is 1.78. The summed E-state index contributed by atoms with van der Waals surface area (Å²) in [5, 5.41) is 2.85. The van der Waals surface area contributed by atoms with Crippen molar-refractivity contribution in [3.8, 4) is 0 Å². The highest BCUT2D eigenvalue weighted by Gasteiger charge is 2.34. The molecule has 0 aliphatic carbocycles. The van der Waals surface area contributed by atoms with Crippen LogP contribution in [-0.4, -0.2) is 44.8 Å². The number of hydrogen-bond acceptors (Lipinski definition) is 4. The molecule has 7 nitrogen and oxygen atoms in total. The summed E-state index contributed by atoms with van der Waals surface area (Å²) in [5.74, 6) is -0.925.